The first-order chi connectivity index (χ1) is 14.8. The molecule has 2 aromatic rings. The van der Waals surface area contributed by atoms with Gasteiger partial charge in [0.2, 0.25) is 5.91 Å². The molecule has 31 heavy (non-hydrogen) atoms. The molecule has 1 aliphatic rings. The van der Waals surface area contributed by atoms with E-state index in [1.54, 1.807) is 14.2 Å². The van der Waals surface area contributed by atoms with Crippen molar-refractivity contribution < 1.29 is 14.3 Å². The number of methoxy groups -OCH3 is 2. The highest BCUT2D eigenvalue weighted by Gasteiger charge is 2.33. The maximum absolute atomic E-state index is 12.6. The molecule has 1 N–H and O–H groups in total. The molecule has 5 nitrogen and oxygen atoms in total. The van der Waals surface area contributed by atoms with Crippen molar-refractivity contribution in [1.82, 2.24) is 10.2 Å². The number of aryl methyl sites for hydroxylation is 1. The van der Waals surface area contributed by atoms with E-state index in [4.69, 9.17) is 9.47 Å². The van der Waals surface area contributed by atoms with Crippen molar-refractivity contribution in [3.05, 3.63) is 58.7 Å². The Morgan fingerprint density at radius 3 is 2.35 bits per heavy atom. The highest BCUT2D eigenvalue weighted by Crippen LogP contribution is 2.40. The Morgan fingerprint density at radius 2 is 1.74 bits per heavy atom. The van der Waals surface area contributed by atoms with E-state index in [-0.39, 0.29) is 18.0 Å². The Balaban J connectivity index is 1.95. The second-order valence-corrected chi connectivity index (χ2v) is 9.01. The number of carbonyl (C=O) groups excluding carboxylic acids is 1. The third-order valence-electron chi connectivity index (χ3n) is 5.99. The molecular weight excluding hydrogens is 388 g/mol. The van der Waals surface area contributed by atoms with Crippen LogP contribution in [0, 0.1) is 12.8 Å². The second-order valence-electron chi connectivity index (χ2n) is 9.01. The molecule has 0 radical (unpaired) electrons. The Morgan fingerprint density at radius 1 is 1.10 bits per heavy atom. The highest BCUT2D eigenvalue weighted by atomic mass is 16.5. The summed E-state index contributed by atoms with van der Waals surface area (Å²) in [7, 11) is 3.34. The molecule has 1 amide bonds. The number of hydrogen-bond donors (Lipinski definition) is 1. The van der Waals surface area contributed by atoms with Gasteiger partial charge in [0.05, 0.1) is 20.3 Å². The molecule has 0 bridgehead atoms. The fraction of sp³-hybridized carbons (Fsp3) is 0.500. The molecule has 2 aromatic carbocycles. The summed E-state index contributed by atoms with van der Waals surface area (Å²) in [6.07, 6.45) is 1.47. The molecule has 0 aromatic heterocycles. The zero-order chi connectivity index (χ0) is 22.5. The average Bonchev–Trinajstić information content (AvgIpc) is 2.73. The normalized spacial score (nSPS) is 17.2. The van der Waals surface area contributed by atoms with Gasteiger partial charge < -0.3 is 14.8 Å². The number of hydrogen-bond acceptors (Lipinski definition) is 4. The van der Waals surface area contributed by atoms with Crippen molar-refractivity contribution in [2.45, 2.75) is 59.2 Å². The van der Waals surface area contributed by atoms with E-state index in [0.717, 1.165) is 31.0 Å². The third kappa shape index (κ3) is 5.59. The number of carbonyl (C=O) groups is 1. The summed E-state index contributed by atoms with van der Waals surface area (Å²) in [5.41, 5.74) is 5.00. The van der Waals surface area contributed by atoms with Gasteiger partial charge in [-0.2, -0.15) is 0 Å². The van der Waals surface area contributed by atoms with Crippen LogP contribution in [-0.2, 0) is 17.8 Å². The van der Waals surface area contributed by atoms with Gasteiger partial charge in [0.1, 0.15) is 0 Å². The van der Waals surface area contributed by atoms with Gasteiger partial charge in [-0.05, 0) is 55.0 Å². The fourth-order valence-electron chi connectivity index (χ4n) is 4.48. The second kappa shape index (κ2) is 10.2. The molecule has 2 atom stereocenters. The first kappa shape index (κ1) is 23.1. The van der Waals surface area contributed by atoms with Crippen molar-refractivity contribution in [2.24, 2.45) is 5.92 Å². The summed E-state index contributed by atoms with van der Waals surface area (Å²) in [4.78, 5) is 15.0. The first-order valence-electron chi connectivity index (χ1n) is 11.2. The van der Waals surface area contributed by atoms with E-state index in [0.29, 0.717) is 12.3 Å². The van der Waals surface area contributed by atoms with E-state index < -0.39 is 0 Å². The van der Waals surface area contributed by atoms with Crippen LogP contribution >= 0.6 is 0 Å². The van der Waals surface area contributed by atoms with Crippen LogP contribution in [-0.4, -0.2) is 37.6 Å². The van der Waals surface area contributed by atoms with Crippen molar-refractivity contribution in [1.29, 1.82) is 0 Å². The summed E-state index contributed by atoms with van der Waals surface area (Å²) in [5.74, 6) is 1.91. The predicted octanol–water partition coefficient (Wildman–Crippen LogP) is 4.66. The zero-order valence-corrected chi connectivity index (χ0v) is 19.7. The molecule has 0 saturated carbocycles. The first-order valence-corrected chi connectivity index (χ1v) is 11.2. The molecule has 1 heterocycles. The lowest BCUT2D eigenvalue weighted by atomic mass is 9.87. The van der Waals surface area contributed by atoms with Crippen molar-refractivity contribution in [3.8, 4) is 11.5 Å². The summed E-state index contributed by atoms with van der Waals surface area (Å²) < 4.78 is 11.1. The summed E-state index contributed by atoms with van der Waals surface area (Å²) >= 11 is 0. The minimum atomic E-state index is -0.0335. The Bertz CT molecular complexity index is 892. The number of ether oxygens (including phenoxy) is 2. The Hall–Kier alpha value is -2.53. The van der Waals surface area contributed by atoms with Gasteiger partial charge >= 0.3 is 0 Å². The minimum absolute atomic E-state index is 0.0335. The highest BCUT2D eigenvalue weighted by molar-refractivity contribution is 5.76. The molecule has 168 valence electrons. The number of amides is 1. The molecule has 1 aliphatic heterocycles. The van der Waals surface area contributed by atoms with Gasteiger partial charge in [-0.3, -0.25) is 9.69 Å². The van der Waals surface area contributed by atoms with Gasteiger partial charge in [-0.15, -0.1) is 0 Å². The third-order valence-corrected chi connectivity index (χ3v) is 5.99. The molecule has 0 unspecified atom stereocenters. The van der Waals surface area contributed by atoms with Crippen LogP contribution < -0.4 is 14.8 Å². The van der Waals surface area contributed by atoms with E-state index in [9.17, 15) is 4.79 Å². The van der Waals surface area contributed by atoms with Crippen LogP contribution in [0.15, 0.2) is 36.4 Å². The Kier molecular flexibility index (Phi) is 7.60. The smallest absolute Gasteiger partial charge is 0.220 e. The Labute approximate surface area is 186 Å². The molecule has 0 aliphatic carbocycles. The molecule has 0 saturated heterocycles. The molecular formula is C26H36N2O3. The molecule has 3 rings (SSSR count). The quantitative estimate of drug-likeness (QED) is 0.669. The summed E-state index contributed by atoms with van der Waals surface area (Å²) in [6.45, 7) is 10.1. The van der Waals surface area contributed by atoms with E-state index in [1.807, 2.05) is 0 Å². The van der Waals surface area contributed by atoms with E-state index >= 15 is 0 Å². The van der Waals surface area contributed by atoms with Gasteiger partial charge in [-0.25, -0.2) is 0 Å². The standard InChI is InChI=1S/C26H36N2O3/c1-17(2)13-25(29)27-19(4)26-22-15-24(31-6)23(30-5)14-21(22)11-12-28(26)16-20-9-7-18(3)8-10-20/h7-10,14-15,17,19,26H,11-13,16H2,1-6H3,(H,27,29)/t19-,26+/m0/s1. The topological polar surface area (TPSA) is 50.8 Å². The number of nitrogens with one attached hydrogen (secondary N) is 1. The van der Waals surface area contributed by atoms with Gasteiger partial charge in [0.25, 0.3) is 0 Å². The fourth-order valence-corrected chi connectivity index (χ4v) is 4.48. The van der Waals surface area contributed by atoms with E-state index in [1.165, 1.54) is 22.3 Å². The minimum Gasteiger partial charge on any atom is -0.493 e. The number of nitrogens with zero attached hydrogens (tertiary/aromatic N) is 1. The lowest BCUT2D eigenvalue weighted by molar-refractivity contribution is -0.122. The molecule has 0 fully saturated rings. The van der Waals surface area contributed by atoms with Crippen LogP contribution in [0.2, 0.25) is 0 Å². The van der Waals surface area contributed by atoms with Gasteiger partial charge in [0.15, 0.2) is 11.5 Å². The van der Waals surface area contributed by atoms with Crippen molar-refractivity contribution in [3.63, 3.8) is 0 Å². The van der Waals surface area contributed by atoms with Crippen LogP contribution in [0.3, 0.4) is 0 Å². The number of rotatable bonds is 8. The molecule has 5 heteroatoms. The lowest BCUT2D eigenvalue weighted by Crippen LogP contribution is -2.47. The largest absolute Gasteiger partial charge is 0.493 e. The average molecular weight is 425 g/mol. The van der Waals surface area contributed by atoms with Crippen LogP contribution in [0.25, 0.3) is 0 Å². The van der Waals surface area contributed by atoms with Crippen molar-refractivity contribution >= 4 is 5.91 Å². The van der Waals surface area contributed by atoms with Crippen molar-refractivity contribution in [2.75, 3.05) is 20.8 Å². The summed E-state index contributed by atoms with van der Waals surface area (Å²) in [6, 6.07) is 12.9. The summed E-state index contributed by atoms with van der Waals surface area (Å²) in [5, 5.41) is 3.26. The van der Waals surface area contributed by atoms with Gasteiger partial charge in [-0.1, -0.05) is 43.7 Å². The SMILES string of the molecule is COc1cc2c(cc1OC)[C@@H]([C@H](C)NC(=O)CC(C)C)N(Cc1ccc(C)cc1)CC2. The van der Waals surface area contributed by atoms with Crippen LogP contribution in [0.4, 0.5) is 0 Å². The maximum Gasteiger partial charge on any atom is 0.220 e. The molecule has 0 spiro atoms. The predicted molar refractivity (Wildman–Crippen MR) is 125 cm³/mol. The van der Waals surface area contributed by atoms with Gasteiger partial charge in [0, 0.05) is 25.6 Å². The number of fused-ring (bicyclic) bond motifs is 1. The van der Waals surface area contributed by atoms with Crippen LogP contribution in [0.5, 0.6) is 11.5 Å². The monoisotopic (exact) mass is 424 g/mol. The maximum atomic E-state index is 12.6. The number of benzene rings is 2. The lowest BCUT2D eigenvalue weighted by Gasteiger charge is -2.41. The van der Waals surface area contributed by atoms with E-state index in [2.05, 4.69) is 74.3 Å². The van der Waals surface area contributed by atoms with Crippen LogP contribution in [0.1, 0.15) is 55.5 Å². The zero-order valence-electron chi connectivity index (χ0n) is 19.7.